The predicted molar refractivity (Wildman–Crippen MR) is 65.2 cm³/mol. The van der Waals surface area contributed by atoms with Gasteiger partial charge in [0.2, 0.25) is 0 Å². The van der Waals surface area contributed by atoms with Crippen LogP contribution in [0.5, 0.6) is 0 Å². The Morgan fingerprint density at radius 3 is 2.27 bits per heavy atom. The van der Waals surface area contributed by atoms with Crippen LogP contribution < -0.4 is 0 Å². The number of aliphatic hydroxyl groups is 1. The van der Waals surface area contributed by atoms with Gasteiger partial charge in [-0.05, 0) is 30.0 Å². The number of rotatable bonds is 2. The standard InChI is InChI=1S/C13H19ClO/c1-12(2,3)13(4,15)9-10-6-5-7-11(14)8-10/h5-8,15H,9H2,1-4H3. The van der Waals surface area contributed by atoms with E-state index >= 15 is 0 Å². The molecule has 0 fully saturated rings. The first-order valence-electron chi connectivity index (χ1n) is 5.19. The average Bonchev–Trinajstić information content (AvgIpc) is 2.00. The van der Waals surface area contributed by atoms with E-state index in [0.717, 1.165) is 10.6 Å². The lowest BCUT2D eigenvalue weighted by atomic mass is 9.74. The van der Waals surface area contributed by atoms with Gasteiger partial charge in [0.25, 0.3) is 0 Å². The molecule has 1 aromatic carbocycles. The van der Waals surface area contributed by atoms with Crippen molar-refractivity contribution < 1.29 is 5.11 Å². The highest BCUT2D eigenvalue weighted by molar-refractivity contribution is 6.30. The molecule has 0 saturated heterocycles. The fourth-order valence-electron chi connectivity index (χ4n) is 1.31. The van der Waals surface area contributed by atoms with Crippen molar-refractivity contribution in [3.63, 3.8) is 0 Å². The summed E-state index contributed by atoms with van der Waals surface area (Å²) in [7, 11) is 0. The van der Waals surface area contributed by atoms with Crippen molar-refractivity contribution in [2.24, 2.45) is 5.41 Å². The van der Waals surface area contributed by atoms with Crippen LogP contribution in [0.4, 0.5) is 0 Å². The smallest absolute Gasteiger partial charge is 0.0707 e. The Hall–Kier alpha value is -0.530. The number of hydrogen-bond acceptors (Lipinski definition) is 1. The molecule has 1 rings (SSSR count). The molecule has 0 bridgehead atoms. The molecular formula is C13H19ClO. The molecule has 0 aliphatic carbocycles. The lowest BCUT2D eigenvalue weighted by molar-refractivity contribution is -0.0405. The summed E-state index contributed by atoms with van der Waals surface area (Å²) in [6, 6.07) is 7.65. The first-order chi connectivity index (χ1) is 6.72. The van der Waals surface area contributed by atoms with Crippen molar-refractivity contribution in [1.29, 1.82) is 0 Å². The summed E-state index contributed by atoms with van der Waals surface area (Å²) in [5.41, 5.74) is 0.204. The second-order valence-corrected chi connectivity index (χ2v) is 5.77. The van der Waals surface area contributed by atoms with Gasteiger partial charge in [-0.25, -0.2) is 0 Å². The second-order valence-electron chi connectivity index (χ2n) is 5.33. The van der Waals surface area contributed by atoms with Gasteiger partial charge in [0.1, 0.15) is 0 Å². The topological polar surface area (TPSA) is 20.2 Å². The summed E-state index contributed by atoms with van der Waals surface area (Å²) in [5, 5.41) is 11.1. The van der Waals surface area contributed by atoms with E-state index in [1.54, 1.807) is 0 Å². The Kier molecular flexibility index (Phi) is 3.47. The van der Waals surface area contributed by atoms with Gasteiger partial charge < -0.3 is 5.11 Å². The molecule has 0 amide bonds. The SMILES string of the molecule is CC(C)(C)C(C)(O)Cc1cccc(Cl)c1. The van der Waals surface area contributed by atoms with Gasteiger partial charge in [-0.2, -0.15) is 0 Å². The molecule has 1 nitrogen and oxygen atoms in total. The quantitative estimate of drug-likeness (QED) is 0.816. The zero-order chi connectivity index (χ0) is 11.7. The first-order valence-corrected chi connectivity index (χ1v) is 5.57. The van der Waals surface area contributed by atoms with E-state index in [1.807, 2.05) is 52.0 Å². The Morgan fingerprint density at radius 2 is 1.80 bits per heavy atom. The molecule has 0 spiro atoms. The zero-order valence-electron chi connectivity index (χ0n) is 9.84. The van der Waals surface area contributed by atoms with Crippen molar-refractivity contribution in [2.45, 2.75) is 39.7 Å². The molecule has 2 heteroatoms. The highest BCUT2D eigenvalue weighted by atomic mass is 35.5. The summed E-state index contributed by atoms with van der Waals surface area (Å²) in [4.78, 5) is 0. The summed E-state index contributed by atoms with van der Waals surface area (Å²) >= 11 is 5.91. The summed E-state index contributed by atoms with van der Waals surface area (Å²) in [5.74, 6) is 0. The summed E-state index contributed by atoms with van der Waals surface area (Å²) < 4.78 is 0. The lowest BCUT2D eigenvalue weighted by Gasteiger charge is -2.37. The minimum absolute atomic E-state index is 0.144. The summed E-state index contributed by atoms with van der Waals surface area (Å²) in [6.07, 6.45) is 0.622. The van der Waals surface area contributed by atoms with E-state index in [0.29, 0.717) is 6.42 Å². The van der Waals surface area contributed by atoms with Crippen molar-refractivity contribution in [2.75, 3.05) is 0 Å². The molecule has 0 radical (unpaired) electrons. The Morgan fingerprint density at radius 1 is 1.20 bits per heavy atom. The van der Waals surface area contributed by atoms with E-state index in [9.17, 15) is 5.11 Å². The van der Waals surface area contributed by atoms with Gasteiger partial charge in [0.05, 0.1) is 5.60 Å². The second kappa shape index (κ2) is 4.15. The molecule has 1 atom stereocenters. The van der Waals surface area contributed by atoms with Crippen LogP contribution in [0.25, 0.3) is 0 Å². The molecule has 15 heavy (non-hydrogen) atoms. The third-order valence-corrected chi connectivity index (χ3v) is 3.29. The molecule has 0 aliphatic rings. The van der Waals surface area contributed by atoms with Crippen LogP contribution in [0.2, 0.25) is 5.02 Å². The molecule has 1 N–H and O–H groups in total. The Labute approximate surface area is 97.1 Å². The third kappa shape index (κ3) is 3.22. The maximum atomic E-state index is 10.4. The van der Waals surface area contributed by atoms with Crippen LogP contribution in [-0.2, 0) is 6.42 Å². The largest absolute Gasteiger partial charge is 0.389 e. The predicted octanol–water partition coefficient (Wildman–Crippen LogP) is 3.68. The van der Waals surface area contributed by atoms with Gasteiger partial charge in [-0.3, -0.25) is 0 Å². The minimum atomic E-state index is -0.725. The van der Waals surface area contributed by atoms with Crippen LogP contribution in [-0.4, -0.2) is 10.7 Å². The Balaban J connectivity index is 2.87. The van der Waals surface area contributed by atoms with Crippen molar-refractivity contribution in [1.82, 2.24) is 0 Å². The van der Waals surface area contributed by atoms with E-state index in [2.05, 4.69) is 0 Å². The maximum Gasteiger partial charge on any atom is 0.0707 e. The van der Waals surface area contributed by atoms with Crippen molar-refractivity contribution in [3.8, 4) is 0 Å². The van der Waals surface area contributed by atoms with Crippen LogP contribution in [0.1, 0.15) is 33.3 Å². The minimum Gasteiger partial charge on any atom is -0.389 e. The van der Waals surface area contributed by atoms with Gasteiger partial charge >= 0.3 is 0 Å². The van der Waals surface area contributed by atoms with Gasteiger partial charge in [0, 0.05) is 11.4 Å². The maximum absolute atomic E-state index is 10.4. The van der Waals surface area contributed by atoms with Crippen LogP contribution in [0, 0.1) is 5.41 Å². The average molecular weight is 227 g/mol. The monoisotopic (exact) mass is 226 g/mol. The molecule has 0 saturated carbocycles. The molecule has 0 aromatic heterocycles. The summed E-state index contributed by atoms with van der Waals surface area (Å²) in [6.45, 7) is 7.99. The van der Waals surface area contributed by atoms with Crippen LogP contribution >= 0.6 is 11.6 Å². The highest BCUT2D eigenvalue weighted by Crippen LogP contribution is 2.33. The van der Waals surface area contributed by atoms with E-state index in [-0.39, 0.29) is 5.41 Å². The molecule has 0 aliphatic heterocycles. The third-order valence-electron chi connectivity index (χ3n) is 3.05. The van der Waals surface area contributed by atoms with Gasteiger partial charge in [-0.15, -0.1) is 0 Å². The van der Waals surface area contributed by atoms with Gasteiger partial charge in [0.15, 0.2) is 0 Å². The van der Waals surface area contributed by atoms with Crippen molar-refractivity contribution >= 4 is 11.6 Å². The van der Waals surface area contributed by atoms with Crippen molar-refractivity contribution in [3.05, 3.63) is 34.9 Å². The lowest BCUT2D eigenvalue weighted by Crippen LogP contribution is -2.41. The fourth-order valence-corrected chi connectivity index (χ4v) is 1.52. The van der Waals surface area contributed by atoms with Crippen LogP contribution in [0.3, 0.4) is 0 Å². The fraction of sp³-hybridized carbons (Fsp3) is 0.538. The molecule has 84 valence electrons. The number of benzene rings is 1. The van der Waals surface area contributed by atoms with Crippen LogP contribution in [0.15, 0.2) is 24.3 Å². The molecule has 0 heterocycles. The first kappa shape index (κ1) is 12.5. The van der Waals surface area contributed by atoms with E-state index < -0.39 is 5.60 Å². The van der Waals surface area contributed by atoms with E-state index in [4.69, 9.17) is 11.6 Å². The molecule has 1 aromatic rings. The highest BCUT2D eigenvalue weighted by Gasteiger charge is 2.35. The normalized spacial score (nSPS) is 16.1. The van der Waals surface area contributed by atoms with Gasteiger partial charge in [-0.1, -0.05) is 44.5 Å². The zero-order valence-corrected chi connectivity index (χ0v) is 10.6. The number of hydrogen-bond donors (Lipinski definition) is 1. The molecular weight excluding hydrogens is 208 g/mol. The molecule has 1 unspecified atom stereocenters. The van der Waals surface area contributed by atoms with E-state index in [1.165, 1.54) is 0 Å². The Bertz CT molecular complexity index is 337. The number of halogens is 1.